The number of hydrogen-bond acceptors (Lipinski definition) is 4. The van der Waals surface area contributed by atoms with Crippen molar-refractivity contribution >= 4 is 23.5 Å². The van der Waals surface area contributed by atoms with Crippen molar-refractivity contribution in [2.45, 2.75) is 6.92 Å². The predicted octanol–water partition coefficient (Wildman–Crippen LogP) is 0.394. The number of nitrogens with one attached hydrogen (secondary N) is 2. The molecule has 0 radical (unpaired) electrons. The molecule has 1 aromatic carbocycles. The maximum Gasteiger partial charge on any atom is 0.329 e. The standard InChI is InChI=1S/C13H16N2O5/c1-8-5-9(13(19)14-2)3-4-10(8)15-11(16)6-20-7-12(17)18/h3-5H,6-7H2,1-2H3,(H,14,19)(H,15,16)(H,17,18). The minimum absolute atomic E-state index is 0.212. The number of rotatable bonds is 6. The van der Waals surface area contributed by atoms with Crippen LogP contribution in [0.25, 0.3) is 0 Å². The third-order valence-electron chi connectivity index (χ3n) is 2.45. The highest BCUT2D eigenvalue weighted by Gasteiger charge is 2.09. The van der Waals surface area contributed by atoms with E-state index >= 15 is 0 Å². The predicted molar refractivity (Wildman–Crippen MR) is 71.7 cm³/mol. The van der Waals surface area contributed by atoms with Crippen LogP contribution in [0, 0.1) is 6.92 Å². The van der Waals surface area contributed by atoms with Gasteiger partial charge in [0.05, 0.1) is 0 Å². The average molecular weight is 280 g/mol. The van der Waals surface area contributed by atoms with Gasteiger partial charge in [-0.15, -0.1) is 0 Å². The van der Waals surface area contributed by atoms with Crippen LogP contribution in [0.1, 0.15) is 15.9 Å². The topological polar surface area (TPSA) is 105 Å². The van der Waals surface area contributed by atoms with Gasteiger partial charge in [-0.1, -0.05) is 0 Å². The van der Waals surface area contributed by atoms with Gasteiger partial charge in [-0.3, -0.25) is 9.59 Å². The second-order valence-electron chi connectivity index (χ2n) is 4.04. The molecule has 2 amide bonds. The zero-order valence-corrected chi connectivity index (χ0v) is 11.2. The number of ether oxygens (including phenoxy) is 1. The zero-order valence-electron chi connectivity index (χ0n) is 11.2. The van der Waals surface area contributed by atoms with Crippen LogP contribution in [0.3, 0.4) is 0 Å². The largest absolute Gasteiger partial charge is 0.480 e. The van der Waals surface area contributed by atoms with Crippen LogP contribution in [0.5, 0.6) is 0 Å². The molecule has 3 N–H and O–H groups in total. The van der Waals surface area contributed by atoms with Crippen LogP contribution < -0.4 is 10.6 Å². The number of anilines is 1. The van der Waals surface area contributed by atoms with E-state index in [0.29, 0.717) is 11.3 Å². The summed E-state index contributed by atoms with van der Waals surface area (Å²) in [4.78, 5) is 33.2. The van der Waals surface area contributed by atoms with Crippen LogP contribution >= 0.6 is 0 Å². The number of aryl methyl sites for hydroxylation is 1. The molecule has 0 aromatic heterocycles. The van der Waals surface area contributed by atoms with Crippen LogP contribution in [0.2, 0.25) is 0 Å². The summed E-state index contributed by atoms with van der Waals surface area (Å²) in [5, 5.41) is 13.5. The number of amides is 2. The van der Waals surface area contributed by atoms with E-state index in [1.54, 1.807) is 25.1 Å². The van der Waals surface area contributed by atoms with Gasteiger partial charge in [0.25, 0.3) is 5.91 Å². The number of aliphatic carboxylic acids is 1. The SMILES string of the molecule is CNC(=O)c1ccc(NC(=O)COCC(=O)O)c(C)c1. The second-order valence-corrected chi connectivity index (χ2v) is 4.04. The van der Waals surface area contributed by atoms with Crippen LogP contribution in [-0.4, -0.2) is 43.2 Å². The first-order chi connectivity index (χ1) is 9.43. The molecule has 0 saturated carbocycles. The third-order valence-corrected chi connectivity index (χ3v) is 2.45. The molecule has 0 aliphatic carbocycles. The number of hydrogen-bond donors (Lipinski definition) is 3. The van der Waals surface area contributed by atoms with Crippen molar-refractivity contribution in [1.29, 1.82) is 0 Å². The molecular weight excluding hydrogens is 264 g/mol. The highest BCUT2D eigenvalue weighted by atomic mass is 16.5. The van der Waals surface area contributed by atoms with Gasteiger partial charge in [-0.05, 0) is 30.7 Å². The molecule has 1 aromatic rings. The summed E-state index contributed by atoms with van der Waals surface area (Å²) >= 11 is 0. The number of benzene rings is 1. The Hall–Kier alpha value is -2.41. The maximum atomic E-state index is 11.5. The number of carboxylic acid groups (broad SMARTS) is 1. The summed E-state index contributed by atoms with van der Waals surface area (Å²) in [7, 11) is 1.53. The summed E-state index contributed by atoms with van der Waals surface area (Å²) in [6.07, 6.45) is 0. The van der Waals surface area contributed by atoms with Gasteiger partial charge < -0.3 is 20.5 Å². The number of carbonyl (C=O) groups excluding carboxylic acids is 2. The zero-order chi connectivity index (χ0) is 15.1. The lowest BCUT2D eigenvalue weighted by Gasteiger charge is -2.09. The molecule has 0 bridgehead atoms. The lowest BCUT2D eigenvalue weighted by molar-refractivity contribution is -0.143. The van der Waals surface area contributed by atoms with Gasteiger partial charge in [0, 0.05) is 18.3 Å². The van der Waals surface area contributed by atoms with Crippen LogP contribution in [0.4, 0.5) is 5.69 Å². The van der Waals surface area contributed by atoms with E-state index in [-0.39, 0.29) is 12.5 Å². The molecule has 0 fully saturated rings. The molecule has 7 nitrogen and oxygen atoms in total. The fourth-order valence-corrected chi connectivity index (χ4v) is 1.51. The van der Waals surface area contributed by atoms with E-state index < -0.39 is 18.5 Å². The highest BCUT2D eigenvalue weighted by molar-refractivity contribution is 5.96. The lowest BCUT2D eigenvalue weighted by atomic mass is 10.1. The van der Waals surface area contributed by atoms with E-state index in [1.165, 1.54) is 7.05 Å². The van der Waals surface area contributed by atoms with E-state index in [1.807, 2.05) is 0 Å². The Labute approximate surface area is 115 Å². The molecular formula is C13H16N2O5. The Morgan fingerprint density at radius 1 is 1.25 bits per heavy atom. The fraction of sp³-hybridized carbons (Fsp3) is 0.308. The Morgan fingerprint density at radius 2 is 1.95 bits per heavy atom. The molecule has 108 valence electrons. The van der Waals surface area contributed by atoms with E-state index in [9.17, 15) is 14.4 Å². The van der Waals surface area contributed by atoms with Gasteiger partial charge in [-0.25, -0.2) is 4.79 Å². The van der Waals surface area contributed by atoms with Crippen molar-refractivity contribution in [2.75, 3.05) is 25.6 Å². The second kappa shape index (κ2) is 7.25. The number of carboxylic acids is 1. The Balaban J connectivity index is 2.62. The van der Waals surface area contributed by atoms with E-state index in [2.05, 4.69) is 15.4 Å². The molecule has 1 rings (SSSR count). The summed E-state index contributed by atoms with van der Waals surface area (Å²) in [5.41, 5.74) is 1.75. The Kier molecular flexibility index (Phi) is 5.67. The quantitative estimate of drug-likeness (QED) is 0.699. The smallest absolute Gasteiger partial charge is 0.329 e. The van der Waals surface area contributed by atoms with E-state index in [4.69, 9.17) is 5.11 Å². The molecule has 0 aliphatic rings. The minimum Gasteiger partial charge on any atom is -0.480 e. The van der Waals surface area contributed by atoms with Crippen LogP contribution in [0.15, 0.2) is 18.2 Å². The van der Waals surface area contributed by atoms with Gasteiger partial charge >= 0.3 is 5.97 Å². The summed E-state index contributed by atoms with van der Waals surface area (Å²) in [6.45, 7) is 0.880. The van der Waals surface area contributed by atoms with Crippen molar-refractivity contribution in [3.8, 4) is 0 Å². The summed E-state index contributed by atoms with van der Waals surface area (Å²) in [5.74, 6) is -1.80. The molecule has 0 unspecified atom stereocenters. The summed E-state index contributed by atoms with van der Waals surface area (Å²) < 4.78 is 4.67. The van der Waals surface area contributed by atoms with Gasteiger partial charge in [0.15, 0.2) is 0 Å². The van der Waals surface area contributed by atoms with Crippen molar-refractivity contribution in [1.82, 2.24) is 5.32 Å². The highest BCUT2D eigenvalue weighted by Crippen LogP contribution is 2.16. The van der Waals surface area contributed by atoms with Gasteiger partial charge in [0.2, 0.25) is 5.91 Å². The molecule has 0 heterocycles. The van der Waals surface area contributed by atoms with Crippen molar-refractivity contribution in [2.24, 2.45) is 0 Å². The first-order valence-corrected chi connectivity index (χ1v) is 5.86. The van der Waals surface area contributed by atoms with Gasteiger partial charge in [0.1, 0.15) is 13.2 Å². The monoisotopic (exact) mass is 280 g/mol. The first-order valence-electron chi connectivity index (χ1n) is 5.86. The minimum atomic E-state index is -1.14. The van der Waals surface area contributed by atoms with Crippen molar-refractivity contribution in [3.63, 3.8) is 0 Å². The molecule has 0 spiro atoms. The molecule has 0 aliphatic heterocycles. The lowest BCUT2D eigenvalue weighted by Crippen LogP contribution is -2.21. The normalized spacial score (nSPS) is 9.90. The van der Waals surface area contributed by atoms with E-state index in [0.717, 1.165) is 5.56 Å². The van der Waals surface area contributed by atoms with Gasteiger partial charge in [-0.2, -0.15) is 0 Å². The fourth-order valence-electron chi connectivity index (χ4n) is 1.51. The van der Waals surface area contributed by atoms with Crippen LogP contribution in [-0.2, 0) is 14.3 Å². The summed E-state index contributed by atoms with van der Waals surface area (Å²) in [6, 6.07) is 4.83. The Bertz CT molecular complexity index is 527. The molecule has 0 atom stereocenters. The third kappa shape index (κ3) is 4.69. The molecule has 7 heteroatoms. The number of carbonyl (C=O) groups is 3. The molecule has 0 saturated heterocycles. The molecule has 20 heavy (non-hydrogen) atoms. The average Bonchev–Trinajstić information content (AvgIpc) is 2.39. The maximum absolute atomic E-state index is 11.5. The first kappa shape index (κ1) is 15.6. The Morgan fingerprint density at radius 3 is 2.50 bits per heavy atom. The van der Waals surface area contributed by atoms with Crippen molar-refractivity contribution in [3.05, 3.63) is 29.3 Å². The van der Waals surface area contributed by atoms with Crippen molar-refractivity contribution < 1.29 is 24.2 Å².